The summed E-state index contributed by atoms with van der Waals surface area (Å²) in [6.45, 7) is 7.42. The van der Waals surface area contributed by atoms with E-state index in [0.717, 1.165) is 11.1 Å². The molecule has 0 aromatic carbocycles. The Morgan fingerprint density at radius 3 is 3.17 bits per heavy atom. The predicted molar refractivity (Wildman–Crippen MR) is 70.8 cm³/mol. The minimum absolute atomic E-state index is 0.167. The van der Waals surface area contributed by atoms with Crippen molar-refractivity contribution in [1.82, 2.24) is 19.9 Å². The van der Waals surface area contributed by atoms with Gasteiger partial charge in [-0.25, -0.2) is 4.98 Å². The monoisotopic (exact) mass is 267 g/mol. The van der Waals surface area contributed by atoms with Gasteiger partial charge in [-0.05, 0) is 18.5 Å². The summed E-state index contributed by atoms with van der Waals surface area (Å²) in [5, 5.41) is 3.29. The quantitative estimate of drug-likeness (QED) is 0.476. The van der Waals surface area contributed by atoms with Gasteiger partial charge < -0.3 is 15.0 Å². The first kappa shape index (κ1) is 12.8. The Hall–Kier alpha value is -1.66. The van der Waals surface area contributed by atoms with Gasteiger partial charge in [0, 0.05) is 6.54 Å². The molecule has 18 heavy (non-hydrogen) atoms. The van der Waals surface area contributed by atoms with Crippen molar-refractivity contribution in [2.45, 2.75) is 6.92 Å². The summed E-state index contributed by atoms with van der Waals surface area (Å²) < 4.78 is 5.38. The third-order valence-electron chi connectivity index (χ3n) is 2.15. The number of aromatic nitrogens is 4. The highest BCUT2D eigenvalue weighted by molar-refractivity contribution is 6.28. The number of imidazole rings is 1. The number of hydrogen-bond donors (Lipinski definition) is 2. The van der Waals surface area contributed by atoms with E-state index in [4.69, 9.17) is 16.3 Å². The van der Waals surface area contributed by atoms with E-state index >= 15 is 0 Å². The standard InChI is InChI=1S/C11H14ClN5O/c1-7(2)5-18-4-3-13-9-8-10(15-6-14-8)17-11(12)16-9/h6H,1,3-5H2,2H3,(H2,13,14,15,16,17). The lowest BCUT2D eigenvalue weighted by molar-refractivity contribution is 0.167. The molecule has 2 aromatic rings. The third kappa shape index (κ3) is 3.18. The summed E-state index contributed by atoms with van der Waals surface area (Å²) in [7, 11) is 0. The highest BCUT2D eigenvalue weighted by atomic mass is 35.5. The fourth-order valence-corrected chi connectivity index (χ4v) is 1.59. The molecule has 0 spiro atoms. The molecule has 0 bridgehead atoms. The molecule has 2 N–H and O–H groups in total. The number of fused-ring (bicyclic) bond motifs is 1. The molecule has 0 amide bonds. The average molecular weight is 268 g/mol. The largest absolute Gasteiger partial charge is 0.375 e. The molecular formula is C11H14ClN5O. The number of anilines is 1. The molecule has 7 heteroatoms. The van der Waals surface area contributed by atoms with Gasteiger partial charge in [-0.15, -0.1) is 0 Å². The molecule has 0 fully saturated rings. The first-order chi connectivity index (χ1) is 8.66. The van der Waals surface area contributed by atoms with Gasteiger partial charge in [0.05, 0.1) is 19.5 Å². The molecule has 0 aliphatic rings. The molecule has 0 aliphatic heterocycles. The van der Waals surface area contributed by atoms with Crippen LogP contribution in [0.2, 0.25) is 5.28 Å². The molecule has 0 radical (unpaired) electrons. The van der Waals surface area contributed by atoms with E-state index in [2.05, 4.69) is 31.8 Å². The highest BCUT2D eigenvalue weighted by Crippen LogP contribution is 2.17. The number of hydrogen-bond acceptors (Lipinski definition) is 5. The Balaban J connectivity index is 1.94. The number of aromatic amines is 1. The van der Waals surface area contributed by atoms with E-state index in [1.54, 1.807) is 6.33 Å². The Morgan fingerprint density at radius 1 is 1.56 bits per heavy atom. The molecular weight excluding hydrogens is 254 g/mol. The van der Waals surface area contributed by atoms with Crippen LogP contribution in [0.5, 0.6) is 0 Å². The topological polar surface area (TPSA) is 75.7 Å². The molecule has 0 saturated carbocycles. The smallest absolute Gasteiger partial charge is 0.226 e. The van der Waals surface area contributed by atoms with Crippen LogP contribution in [0.3, 0.4) is 0 Å². The van der Waals surface area contributed by atoms with Gasteiger partial charge in [0.2, 0.25) is 5.28 Å². The molecule has 0 saturated heterocycles. The van der Waals surface area contributed by atoms with Crippen LogP contribution >= 0.6 is 11.6 Å². The van der Waals surface area contributed by atoms with Crippen LogP contribution in [-0.2, 0) is 4.74 Å². The van der Waals surface area contributed by atoms with Crippen LogP contribution in [-0.4, -0.2) is 39.7 Å². The SMILES string of the molecule is C=C(C)COCCNc1nc(Cl)nc2nc[nH]c12. The van der Waals surface area contributed by atoms with Crippen molar-refractivity contribution < 1.29 is 4.74 Å². The van der Waals surface area contributed by atoms with Crippen LogP contribution in [0.1, 0.15) is 6.92 Å². The van der Waals surface area contributed by atoms with Crippen molar-refractivity contribution in [3.05, 3.63) is 23.8 Å². The van der Waals surface area contributed by atoms with Crippen LogP contribution in [0.25, 0.3) is 11.2 Å². The maximum atomic E-state index is 5.80. The third-order valence-corrected chi connectivity index (χ3v) is 2.31. The molecule has 2 heterocycles. The fraction of sp³-hybridized carbons (Fsp3) is 0.364. The van der Waals surface area contributed by atoms with Gasteiger partial charge in [0.1, 0.15) is 5.52 Å². The van der Waals surface area contributed by atoms with Gasteiger partial charge in [0.15, 0.2) is 11.5 Å². The second kappa shape index (κ2) is 5.79. The van der Waals surface area contributed by atoms with E-state index in [1.807, 2.05) is 6.92 Å². The van der Waals surface area contributed by atoms with Gasteiger partial charge in [-0.1, -0.05) is 12.2 Å². The zero-order valence-electron chi connectivity index (χ0n) is 10.0. The van der Waals surface area contributed by atoms with Crippen molar-refractivity contribution in [1.29, 1.82) is 0 Å². The number of nitrogens with one attached hydrogen (secondary N) is 2. The normalized spacial score (nSPS) is 10.8. The molecule has 6 nitrogen and oxygen atoms in total. The van der Waals surface area contributed by atoms with Crippen LogP contribution in [0.15, 0.2) is 18.5 Å². The Morgan fingerprint density at radius 2 is 2.39 bits per heavy atom. The minimum atomic E-state index is 0.167. The Kier molecular flexibility index (Phi) is 4.11. The van der Waals surface area contributed by atoms with Crippen molar-refractivity contribution >= 4 is 28.6 Å². The molecule has 0 aliphatic carbocycles. The first-order valence-corrected chi connectivity index (χ1v) is 5.87. The first-order valence-electron chi connectivity index (χ1n) is 5.49. The van der Waals surface area contributed by atoms with Crippen LogP contribution in [0, 0.1) is 0 Å². The number of halogens is 1. The van der Waals surface area contributed by atoms with Gasteiger partial charge >= 0.3 is 0 Å². The fourth-order valence-electron chi connectivity index (χ4n) is 1.42. The van der Waals surface area contributed by atoms with E-state index in [0.29, 0.717) is 31.2 Å². The summed E-state index contributed by atoms with van der Waals surface area (Å²) in [4.78, 5) is 15.1. The Bertz CT molecular complexity index is 553. The lowest BCUT2D eigenvalue weighted by atomic mass is 10.4. The second-order valence-corrected chi connectivity index (χ2v) is 4.22. The number of rotatable bonds is 6. The van der Waals surface area contributed by atoms with Crippen molar-refractivity contribution in [2.75, 3.05) is 25.1 Å². The summed E-state index contributed by atoms with van der Waals surface area (Å²) >= 11 is 5.80. The van der Waals surface area contributed by atoms with Crippen molar-refractivity contribution in [3.63, 3.8) is 0 Å². The zero-order chi connectivity index (χ0) is 13.0. The van der Waals surface area contributed by atoms with E-state index in [9.17, 15) is 0 Å². The molecule has 0 atom stereocenters. The number of H-pyrrole nitrogens is 1. The van der Waals surface area contributed by atoms with Gasteiger partial charge in [-0.2, -0.15) is 9.97 Å². The predicted octanol–water partition coefficient (Wildman–Crippen LogP) is 2.01. The summed E-state index contributed by atoms with van der Waals surface area (Å²) in [6, 6.07) is 0. The lowest BCUT2D eigenvalue weighted by Gasteiger charge is -2.07. The average Bonchev–Trinajstić information content (AvgIpc) is 2.75. The van der Waals surface area contributed by atoms with Gasteiger partial charge in [-0.3, -0.25) is 0 Å². The number of nitrogens with zero attached hydrogens (tertiary/aromatic N) is 3. The Labute approximate surface area is 109 Å². The highest BCUT2D eigenvalue weighted by Gasteiger charge is 2.07. The molecule has 2 rings (SSSR count). The summed E-state index contributed by atoms with van der Waals surface area (Å²) in [5.74, 6) is 0.626. The van der Waals surface area contributed by atoms with Crippen molar-refractivity contribution in [2.24, 2.45) is 0 Å². The van der Waals surface area contributed by atoms with E-state index in [-0.39, 0.29) is 5.28 Å². The van der Waals surface area contributed by atoms with Crippen molar-refractivity contribution in [3.8, 4) is 0 Å². The number of ether oxygens (including phenoxy) is 1. The van der Waals surface area contributed by atoms with E-state index in [1.165, 1.54) is 0 Å². The van der Waals surface area contributed by atoms with Crippen LogP contribution in [0.4, 0.5) is 5.82 Å². The maximum absolute atomic E-state index is 5.80. The van der Waals surface area contributed by atoms with Crippen LogP contribution < -0.4 is 5.32 Å². The zero-order valence-corrected chi connectivity index (χ0v) is 10.8. The molecule has 0 unspecified atom stereocenters. The minimum Gasteiger partial charge on any atom is -0.375 e. The second-order valence-electron chi connectivity index (χ2n) is 3.88. The molecule has 2 aromatic heterocycles. The lowest BCUT2D eigenvalue weighted by Crippen LogP contribution is -2.11. The molecule has 96 valence electrons. The summed E-state index contributed by atoms with van der Waals surface area (Å²) in [5.41, 5.74) is 2.27. The van der Waals surface area contributed by atoms with E-state index < -0.39 is 0 Å². The van der Waals surface area contributed by atoms with Gasteiger partial charge in [0.25, 0.3) is 0 Å². The maximum Gasteiger partial charge on any atom is 0.226 e. The summed E-state index contributed by atoms with van der Waals surface area (Å²) in [6.07, 6.45) is 1.55.